The summed E-state index contributed by atoms with van der Waals surface area (Å²) in [5, 5.41) is 13.0. The van der Waals surface area contributed by atoms with Crippen LogP contribution in [0.25, 0.3) is 33.7 Å². The van der Waals surface area contributed by atoms with Crippen LogP contribution in [0, 0.1) is 0 Å². The second-order valence-corrected chi connectivity index (χ2v) is 19.9. The number of allylic oxidation sites excluding steroid dienone is 2. The first-order valence-corrected chi connectivity index (χ1v) is 24.2. The van der Waals surface area contributed by atoms with Crippen LogP contribution in [-0.2, 0) is 40.5 Å². The minimum atomic E-state index is -5.07. The molecule has 0 spiro atoms. The van der Waals surface area contributed by atoms with Crippen molar-refractivity contribution in [3.63, 3.8) is 0 Å². The van der Waals surface area contributed by atoms with E-state index in [1.165, 1.54) is 60.7 Å². The molecule has 2 amide bonds. The normalized spacial score (nSPS) is 15.5. The third-order valence-electron chi connectivity index (χ3n) is 9.96. The predicted octanol–water partition coefficient (Wildman–Crippen LogP) is 5.92. The minimum Gasteiger partial charge on any atom is -0.306 e. The predicted molar refractivity (Wildman–Crippen MR) is 243 cm³/mol. The Labute approximate surface area is 373 Å². The van der Waals surface area contributed by atoms with Crippen LogP contribution < -0.4 is 21.5 Å². The first kappa shape index (κ1) is 45.1. The molecule has 2 aliphatic rings. The van der Waals surface area contributed by atoms with Crippen LogP contribution in [0.1, 0.15) is 31.8 Å². The zero-order valence-corrected chi connectivity index (χ0v) is 36.1. The molecule has 6 aromatic carbocycles. The Morgan fingerprint density at radius 3 is 1.20 bits per heavy atom. The molecule has 6 aromatic rings. The number of carbonyl (C=O) groups is 3. The number of benzene rings is 6. The maximum atomic E-state index is 13.5. The number of urea groups is 1. The minimum absolute atomic E-state index is 0.0894. The lowest BCUT2D eigenvalue weighted by atomic mass is 9.95. The molecule has 0 atom stereocenters. The quantitative estimate of drug-likeness (QED) is 0.0583. The highest BCUT2D eigenvalue weighted by molar-refractivity contribution is 7.91. The summed E-state index contributed by atoms with van der Waals surface area (Å²) in [6.45, 7) is 0. The molecular weight excluding hydrogens is 945 g/mol. The number of hydrazone groups is 2. The van der Waals surface area contributed by atoms with Crippen LogP contribution in [0.2, 0.25) is 0 Å². The number of nitrogens with zero attached hydrogens (tertiary/aromatic N) is 2. The number of rotatable bonds is 10. The van der Waals surface area contributed by atoms with E-state index >= 15 is 0 Å². The maximum absolute atomic E-state index is 13.5. The Hall–Kier alpha value is -7.49. The van der Waals surface area contributed by atoms with Crippen LogP contribution in [0.4, 0.5) is 27.5 Å². The first-order chi connectivity index (χ1) is 31.0. The summed E-state index contributed by atoms with van der Waals surface area (Å²) in [5.74, 6) is -1.65. The van der Waals surface area contributed by atoms with E-state index in [-0.39, 0.29) is 55.2 Å². The molecule has 0 aliphatic heterocycles. The van der Waals surface area contributed by atoms with E-state index in [4.69, 9.17) is 0 Å². The summed E-state index contributed by atoms with van der Waals surface area (Å²) in [4.78, 5) is 36.8. The molecule has 0 unspecified atom stereocenters. The van der Waals surface area contributed by atoms with Gasteiger partial charge in [-0.25, -0.2) is 4.79 Å². The Bertz CT molecular complexity index is 3530. The van der Waals surface area contributed by atoms with Gasteiger partial charge in [0.15, 0.2) is 11.4 Å². The van der Waals surface area contributed by atoms with E-state index in [0.717, 1.165) is 36.4 Å². The molecule has 21 nitrogen and oxygen atoms in total. The summed E-state index contributed by atoms with van der Waals surface area (Å²) < 4.78 is 139. The Morgan fingerprint density at radius 2 is 0.833 bits per heavy atom. The third kappa shape index (κ3) is 9.08. The third-order valence-corrected chi connectivity index (χ3v) is 13.5. The summed E-state index contributed by atoms with van der Waals surface area (Å²) in [6.07, 6.45) is 2.14. The number of nitrogens with one attached hydrogen (secondary N) is 4. The number of anilines is 4. The van der Waals surface area contributed by atoms with Crippen molar-refractivity contribution in [3.8, 4) is 0 Å². The molecular formula is C41H28N6O15S4. The van der Waals surface area contributed by atoms with Gasteiger partial charge in [-0.15, -0.1) is 0 Å². The molecule has 25 heteroatoms. The molecule has 336 valence electrons. The van der Waals surface area contributed by atoms with Crippen LogP contribution in [-0.4, -0.2) is 80.9 Å². The molecule has 8 N–H and O–H groups in total. The molecule has 2 aliphatic carbocycles. The SMILES string of the molecule is O=C(Nc1cc2cc(N/N=C3\C(=O)c4ccccc4C=C3S(=O)(=O)O)ccc2cc1S(=O)(=O)O)Nc1cc2cc(N/N=C3\C(=O)c4ccccc4C=C3S(=O)(=O)O)ccc2cc1S(=O)(=O)O. The van der Waals surface area contributed by atoms with Gasteiger partial charge in [0.25, 0.3) is 40.5 Å². The summed E-state index contributed by atoms with van der Waals surface area (Å²) in [5.41, 5.74) is 3.50. The Balaban J connectivity index is 1.09. The van der Waals surface area contributed by atoms with Crippen LogP contribution in [0.15, 0.2) is 139 Å². The summed E-state index contributed by atoms with van der Waals surface area (Å²) in [7, 11) is -20.0. The van der Waals surface area contributed by atoms with E-state index < -0.39 is 100 Å². The van der Waals surface area contributed by atoms with Crippen LogP contribution in [0.5, 0.6) is 0 Å². The number of hydrogen-bond donors (Lipinski definition) is 8. The summed E-state index contributed by atoms with van der Waals surface area (Å²) >= 11 is 0. The topological polar surface area (TPSA) is 342 Å². The molecule has 66 heavy (non-hydrogen) atoms. The highest BCUT2D eigenvalue weighted by Crippen LogP contribution is 2.34. The van der Waals surface area contributed by atoms with E-state index in [1.54, 1.807) is 24.3 Å². The number of hydrogen-bond acceptors (Lipinski definition) is 15. The van der Waals surface area contributed by atoms with Crippen molar-refractivity contribution < 1.29 is 66.3 Å². The van der Waals surface area contributed by atoms with E-state index in [2.05, 4.69) is 31.7 Å². The lowest BCUT2D eigenvalue weighted by Crippen LogP contribution is -2.27. The number of fused-ring (bicyclic) bond motifs is 4. The Kier molecular flexibility index (Phi) is 11.3. The average molecular weight is 973 g/mol. The van der Waals surface area contributed by atoms with Crippen molar-refractivity contribution in [2.75, 3.05) is 21.5 Å². The monoisotopic (exact) mass is 972 g/mol. The average Bonchev–Trinajstić information content (AvgIpc) is 3.23. The molecule has 0 heterocycles. The van der Waals surface area contributed by atoms with E-state index in [0.29, 0.717) is 0 Å². The molecule has 0 aromatic heterocycles. The smallest absolute Gasteiger partial charge is 0.306 e. The van der Waals surface area contributed by atoms with Gasteiger partial charge in [-0.2, -0.15) is 43.9 Å². The molecule has 0 radical (unpaired) electrons. The number of carbonyl (C=O) groups excluding carboxylic acids is 3. The van der Waals surface area contributed by atoms with Gasteiger partial charge in [0, 0.05) is 11.1 Å². The van der Waals surface area contributed by atoms with Gasteiger partial charge < -0.3 is 10.6 Å². The lowest BCUT2D eigenvalue weighted by Gasteiger charge is -2.16. The summed E-state index contributed by atoms with van der Waals surface area (Å²) in [6, 6.07) is 23.0. The number of ketones is 2. The van der Waals surface area contributed by atoms with Gasteiger partial charge in [0.2, 0.25) is 11.6 Å². The highest BCUT2D eigenvalue weighted by Gasteiger charge is 2.34. The molecule has 8 rings (SSSR count). The van der Waals surface area contributed by atoms with Gasteiger partial charge >= 0.3 is 6.03 Å². The van der Waals surface area contributed by atoms with Crippen LogP contribution >= 0.6 is 0 Å². The van der Waals surface area contributed by atoms with Crippen LogP contribution in [0.3, 0.4) is 0 Å². The van der Waals surface area contributed by atoms with Crippen molar-refractivity contribution in [2.45, 2.75) is 9.79 Å². The van der Waals surface area contributed by atoms with Gasteiger partial charge in [0.1, 0.15) is 19.6 Å². The van der Waals surface area contributed by atoms with E-state index in [1.807, 2.05) is 0 Å². The fourth-order valence-corrected chi connectivity index (χ4v) is 9.64. The number of amides is 2. The highest BCUT2D eigenvalue weighted by atomic mass is 32.2. The van der Waals surface area contributed by atoms with Crippen molar-refractivity contribution in [1.82, 2.24) is 0 Å². The molecule has 0 saturated carbocycles. The standard InChI is InChI=1S/C41H28N6O15S4/c48-39-29-7-3-1-5-23(29)19-35(65(57,58)59)37(39)46-44-27-11-9-21-17-33(63(51,52)53)31(15-25(21)13-27)42-41(50)43-32-16-26-14-28(12-10-22(26)18-34(32)64(54,55)56)45-47-38-36(66(60,61)62)20-24-6-2-4-8-30(24)40(38)49/h1-20,44-45H,(H2,42,43,50)(H,51,52,53)(H,54,55,56)(H,57,58,59)(H,60,61,62)/b46-37-,47-38-. The molecule has 0 bridgehead atoms. The number of Topliss-reactive ketones (excluding diaryl/α,β-unsaturated/α-hetero) is 2. The fraction of sp³-hybridized carbons (Fsp3) is 0. The van der Waals surface area contributed by atoms with Gasteiger partial charge in [-0.3, -0.25) is 38.7 Å². The maximum Gasteiger partial charge on any atom is 0.323 e. The van der Waals surface area contributed by atoms with Crippen molar-refractivity contribution in [1.29, 1.82) is 0 Å². The second kappa shape index (κ2) is 16.5. The van der Waals surface area contributed by atoms with Gasteiger partial charge in [-0.1, -0.05) is 60.7 Å². The van der Waals surface area contributed by atoms with Gasteiger partial charge in [-0.05, 0) is 93.4 Å². The lowest BCUT2D eigenvalue weighted by molar-refractivity contribution is 0.105. The first-order valence-electron chi connectivity index (χ1n) is 18.5. The van der Waals surface area contributed by atoms with Crippen molar-refractivity contribution in [2.24, 2.45) is 10.2 Å². The zero-order chi connectivity index (χ0) is 47.5. The second-order valence-electron chi connectivity index (χ2n) is 14.3. The van der Waals surface area contributed by atoms with Gasteiger partial charge in [0.05, 0.1) is 22.7 Å². The molecule has 0 saturated heterocycles. The van der Waals surface area contributed by atoms with Crippen molar-refractivity contribution in [3.05, 3.63) is 141 Å². The zero-order valence-electron chi connectivity index (χ0n) is 32.9. The fourth-order valence-electron chi connectivity index (χ4n) is 6.99. The van der Waals surface area contributed by atoms with Crippen molar-refractivity contribution >= 4 is 126 Å². The Morgan fingerprint density at radius 1 is 0.455 bits per heavy atom. The largest absolute Gasteiger partial charge is 0.323 e. The molecule has 0 fully saturated rings. The van der Waals surface area contributed by atoms with E-state index in [9.17, 15) is 66.3 Å².